The molecule has 1 aliphatic heterocycles. The Hall–Kier alpha value is -1.26. The van der Waals surface area contributed by atoms with Crippen molar-refractivity contribution in [2.75, 3.05) is 42.9 Å². The van der Waals surface area contributed by atoms with E-state index in [-0.39, 0.29) is 6.04 Å². The number of nitrogens with one attached hydrogen (secondary N) is 1. The third-order valence-electron chi connectivity index (χ3n) is 5.27. The van der Waals surface area contributed by atoms with E-state index in [1.165, 1.54) is 50.9 Å². The summed E-state index contributed by atoms with van der Waals surface area (Å²) in [5, 5.41) is 3.37. The topological polar surface area (TPSA) is 44.5 Å². The molecule has 4 nitrogen and oxygen atoms in total. The van der Waals surface area contributed by atoms with Gasteiger partial charge in [-0.2, -0.15) is 0 Å². The highest BCUT2D eigenvalue weighted by Crippen LogP contribution is 2.25. The molecule has 3 N–H and O–H groups in total. The number of hydrogen-bond donors (Lipinski definition) is 2. The lowest BCUT2D eigenvalue weighted by molar-refractivity contribution is 0.148. The molecule has 0 amide bonds. The van der Waals surface area contributed by atoms with E-state index in [1.807, 2.05) is 6.92 Å². The smallest absolute Gasteiger partial charge is 0.0368 e. The molecule has 0 aromatic heterocycles. The summed E-state index contributed by atoms with van der Waals surface area (Å²) in [6.07, 6.45) is 7.14. The van der Waals surface area contributed by atoms with Gasteiger partial charge >= 0.3 is 0 Å². The highest BCUT2D eigenvalue weighted by molar-refractivity contribution is 5.55. The Bertz CT molecular complexity index is 457. The van der Waals surface area contributed by atoms with Crippen LogP contribution in [0.4, 0.5) is 11.4 Å². The van der Waals surface area contributed by atoms with Crippen LogP contribution in [0.2, 0.25) is 0 Å². The molecule has 1 heterocycles. The monoisotopic (exact) mass is 316 g/mol. The van der Waals surface area contributed by atoms with Gasteiger partial charge in [0, 0.05) is 56.2 Å². The van der Waals surface area contributed by atoms with E-state index >= 15 is 0 Å². The lowest BCUT2D eigenvalue weighted by Gasteiger charge is -2.41. The Labute approximate surface area is 141 Å². The fourth-order valence-corrected chi connectivity index (χ4v) is 3.86. The Balaban J connectivity index is 1.49. The standard InChI is InChI=1S/C19H32N4/c1-16(20)15-21-17-7-9-19(10-8-17)23-13-11-22(12-14-23)18-5-3-2-4-6-18/h7-10,16,18,21H,2-6,11-15,20H2,1H3. The number of anilines is 2. The van der Waals surface area contributed by atoms with Gasteiger partial charge in [0.2, 0.25) is 0 Å². The third-order valence-corrected chi connectivity index (χ3v) is 5.27. The molecule has 23 heavy (non-hydrogen) atoms. The van der Waals surface area contributed by atoms with E-state index in [9.17, 15) is 0 Å². The van der Waals surface area contributed by atoms with Gasteiger partial charge in [0.05, 0.1) is 0 Å². The first kappa shape index (κ1) is 16.6. The summed E-state index contributed by atoms with van der Waals surface area (Å²) < 4.78 is 0. The molecule has 2 fully saturated rings. The van der Waals surface area contributed by atoms with Gasteiger partial charge in [0.25, 0.3) is 0 Å². The summed E-state index contributed by atoms with van der Waals surface area (Å²) in [5.41, 5.74) is 8.29. The minimum atomic E-state index is 0.183. The first-order chi connectivity index (χ1) is 11.2. The molecule has 0 spiro atoms. The predicted molar refractivity (Wildman–Crippen MR) is 99.2 cm³/mol. The molecule has 2 aliphatic rings. The Kier molecular flexibility index (Phi) is 5.79. The summed E-state index contributed by atoms with van der Waals surface area (Å²) in [4.78, 5) is 5.25. The molecule has 1 unspecified atom stereocenters. The van der Waals surface area contributed by atoms with Crippen LogP contribution in [0.25, 0.3) is 0 Å². The van der Waals surface area contributed by atoms with Crippen LogP contribution in [0, 0.1) is 0 Å². The average molecular weight is 316 g/mol. The summed E-state index contributed by atoms with van der Waals surface area (Å²) in [6, 6.07) is 9.86. The van der Waals surface area contributed by atoms with Crippen LogP contribution in [0.5, 0.6) is 0 Å². The maximum Gasteiger partial charge on any atom is 0.0368 e. The number of piperazine rings is 1. The number of hydrogen-bond acceptors (Lipinski definition) is 4. The van der Waals surface area contributed by atoms with E-state index in [4.69, 9.17) is 5.73 Å². The van der Waals surface area contributed by atoms with Crippen molar-refractivity contribution in [3.63, 3.8) is 0 Å². The van der Waals surface area contributed by atoms with Gasteiger partial charge in [-0.3, -0.25) is 4.90 Å². The van der Waals surface area contributed by atoms with Crippen molar-refractivity contribution in [1.82, 2.24) is 4.90 Å². The Morgan fingerprint density at radius 1 is 1.04 bits per heavy atom. The number of nitrogens with two attached hydrogens (primary N) is 1. The lowest BCUT2D eigenvalue weighted by atomic mass is 9.94. The fraction of sp³-hybridized carbons (Fsp3) is 0.684. The van der Waals surface area contributed by atoms with E-state index in [1.54, 1.807) is 0 Å². The fourth-order valence-electron chi connectivity index (χ4n) is 3.86. The first-order valence-corrected chi connectivity index (χ1v) is 9.31. The minimum absolute atomic E-state index is 0.183. The quantitative estimate of drug-likeness (QED) is 0.877. The van der Waals surface area contributed by atoms with Crippen molar-refractivity contribution in [2.24, 2.45) is 5.73 Å². The second-order valence-electron chi connectivity index (χ2n) is 7.22. The van der Waals surface area contributed by atoms with Gasteiger partial charge in [-0.15, -0.1) is 0 Å². The Morgan fingerprint density at radius 2 is 1.70 bits per heavy atom. The van der Waals surface area contributed by atoms with Crippen molar-refractivity contribution < 1.29 is 0 Å². The molecule has 1 aromatic carbocycles. The summed E-state index contributed by atoms with van der Waals surface area (Å²) in [6.45, 7) is 7.59. The maximum atomic E-state index is 5.79. The number of benzene rings is 1. The van der Waals surface area contributed by atoms with Gasteiger partial charge in [-0.05, 0) is 44.0 Å². The average Bonchev–Trinajstić information content (AvgIpc) is 2.61. The molecule has 0 bridgehead atoms. The molecule has 1 aliphatic carbocycles. The van der Waals surface area contributed by atoms with E-state index in [0.29, 0.717) is 0 Å². The zero-order chi connectivity index (χ0) is 16.1. The zero-order valence-corrected chi connectivity index (χ0v) is 14.5. The van der Waals surface area contributed by atoms with Gasteiger partial charge in [-0.25, -0.2) is 0 Å². The summed E-state index contributed by atoms with van der Waals surface area (Å²) in [7, 11) is 0. The van der Waals surface area contributed by atoms with Crippen LogP contribution in [0.1, 0.15) is 39.0 Å². The first-order valence-electron chi connectivity index (χ1n) is 9.31. The maximum absolute atomic E-state index is 5.79. The Morgan fingerprint density at radius 3 is 2.30 bits per heavy atom. The molecule has 1 saturated heterocycles. The van der Waals surface area contributed by atoms with Gasteiger partial charge in [0.1, 0.15) is 0 Å². The van der Waals surface area contributed by atoms with E-state index in [2.05, 4.69) is 39.4 Å². The lowest BCUT2D eigenvalue weighted by Crippen LogP contribution is -2.50. The molecular formula is C19H32N4. The van der Waals surface area contributed by atoms with Crippen molar-refractivity contribution in [3.8, 4) is 0 Å². The number of nitrogens with zero attached hydrogens (tertiary/aromatic N) is 2. The second kappa shape index (κ2) is 8.02. The molecule has 1 aromatic rings. The summed E-state index contributed by atoms with van der Waals surface area (Å²) >= 11 is 0. The van der Waals surface area contributed by atoms with Gasteiger partial charge < -0.3 is 16.0 Å². The van der Waals surface area contributed by atoms with Crippen LogP contribution in [0.15, 0.2) is 24.3 Å². The van der Waals surface area contributed by atoms with Crippen LogP contribution in [-0.4, -0.2) is 49.7 Å². The zero-order valence-electron chi connectivity index (χ0n) is 14.5. The molecule has 1 saturated carbocycles. The third kappa shape index (κ3) is 4.61. The minimum Gasteiger partial charge on any atom is -0.383 e. The molecular weight excluding hydrogens is 284 g/mol. The molecule has 0 radical (unpaired) electrons. The number of rotatable bonds is 5. The highest BCUT2D eigenvalue weighted by Gasteiger charge is 2.25. The van der Waals surface area contributed by atoms with E-state index < -0.39 is 0 Å². The van der Waals surface area contributed by atoms with Crippen molar-refractivity contribution in [2.45, 2.75) is 51.1 Å². The van der Waals surface area contributed by atoms with E-state index in [0.717, 1.165) is 31.4 Å². The van der Waals surface area contributed by atoms with Crippen LogP contribution >= 0.6 is 0 Å². The second-order valence-corrected chi connectivity index (χ2v) is 7.22. The van der Waals surface area contributed by atoms with Crippen molar-refractivity contribution >= 4 is 11.4 Å². The highest BCUT2D eigenvalue weighted by atomic mass is 15.3. The molecule has 128 valence electrons. The van der Waals surface area contributed by atoms with Gasteiger partial charge in [-0.1, -0.05) is 19.3 Å². The normalized spacial score (nSPS) is 22.1. The van der Waals surface area contributed by atoms with Crippen molar-refractivity contribution in [1.29, 1.82) is 0 Å². The summed E-state index contributed by atoms with van der Waals surface area (Å²) in [5.74, 6) is 0. The van der Waals surface area contributed by atoms with Crippen LogP contribution in [0.3, 0.4) is 0 Å². The predicted octanol–water partition coefficient (Wildman–Crippen LogP) is 2.90. The largest absolute Gasteiger partial charge is 0.383 e. The van der Waals surface area contributed by atoms with Crippen LogP contribution in [-0.2, 0) is 0 Å². The molecule has 3 rings (SSSR count). The molecule has 4 heteroatoms. The van der Waals surface area contributed by atoms with Crippen molar-refractivity contribution in [3.05, 3.63) is 24.3 Å². The van der Waals surface area contributed by atoms with Crippen LogP contribution < -0.4 is 16.0 Å². The molecule has 1 atom stereocenters. The SMILES string of the molecule is CC(N)CNc1ccc(N2CCN(C3CCCCC3)CC2)cc1. The van der Waals surface area contributed by atoms with Gasteiger partial charge in [0.15, 0.2) is 0 Å².